The zero-order chi connectivity index (χ0) is 57.1. The summed E-state index contributed by atoms with van der Waals surface area (Å²) in [5.74, 6) is -5.34. The van der Waals surface area contributed by atoms with Gasteiger partial charge in [-0.1, -0.05) is 206 Å². The van der Waals surface area contributed by atoms with Crippen LogP contribution in [0.15, 0.2) is 0 Å². The van der Waals surface area contributed by atoms with Crippen LogP contribution in [0.2, 0.25) is 0 Å². The van der Waals surface area contributed by atoms with Gasteiger partial charge in [-0.2, -0.15) is 0 Å². The predicted octanol–water partition coefficient (Wildman–Crippen LogP) is 8.03. The summed E-state index contributed by atoms with van der Waals surface area (Å²) in [7, 11) is 0. The highest BCUT2D eigenvalue weighted by atomic mass is 16.7. The van der Waals surface area contributed by atoms with Gasteiger partial charge < -0.3 is 25.5 Å². The van der Waals surface area contributed by atoms with E-state index < -0.39 is 48.8 Å². The first kappa shape index (κ1) is 72.1. The first-order valence-corrected chi connectivity index (χ1v) is 30.7. The van der Waals surface area contributed by atoms with Crippen LogP contribution in [0.25, 0.3) is 0 Å². The summed E-state index contributed by atoms with van der Waals surface area (Å²) < 4.78 is 0. The number of carboxylic acids is 3. The molecule has 20 nitrogen and oxygen atoms in total. The third-order valence-corrected chi connectivity index (χ3v) is 14.5. The molecule has 1 aliphatic heterocycles. The van der Waals surface area contributed by atoms with Gasteiger partial charge in [-0.15, -0.1) is 0 Å². The minimum absolute atomic E-state index is 0.148. The normalized spacial score (nSPS) is 14.3. The van der Waals surface area contributed by atoms with E-state index in [2.05, 4.69) is 30.1 Å². The van der Waals surface area contributed by atoms with Crippen LogP contribution in [0.3, 0.4) is 0 Å². The van der Waals surface area contributed by atoms with Crippen LogP contribution in [-0.2, 0) is 43.2 Å². The average molecular weight is 1110 g/mol. The van der Waals surface area contributed by atoms with Crippen LogP contribution in [0.1, 0.15) is 219 Å². The van der Waals surface area contributed by atoms with Crippen molar-refractivity contribution < 1.29 is 58.6 Å². The number of unbranched alkanes of at least 4 members (excludes halogenated alkanes) is 30. The molecule has 0 spiro atoms. The molecule has 4 amide bonds. The summed E-state index contributed by atoms with van der Waals surface area (Å²) in [5, 5.41) is 30.9. The molecule has 1 fully saturated rings. The SMILES string of the molecule is CCCCCCCCCCCCCCCCCCN(CCCCCCCCCCCCCCCCCC)C(=O)CNC(=O)CONC(=O)CONC(=O)CN1CCN(CC(=O)O)CCN(CC(=O)O)CCN(CC(=O)O)CC1. The van der Waals surface area contributed by atoms with Crippen LogP contribution >= 0.6 is 0 Å². The van der Waals surface area contributed by atoms with Crippen LogP contribution in [0, 0.1) is 0 Å². The van der Waals surface area contributed by atoms with E-state index in [0.29, 0.717) is 13.1 Å². The maximum Gasteiger partial charge on any atom is 0.317 e. The molecule has 0 bridgehead atoms. The van der Waals surface area contributed by atoms with Gasteiger partial charge in [0.15, 0.2) is 13.2 Å². The molecule has 1 saturated heterocycles. The number of aliphatic carboxylic acids is 3. The monoisotopic (exact) mass is 1110 g/mol. The van der Waals surface area contributed by atoms with E-state index in [1.165, 1.54) is 167 Å². The number of nitrogens with zero attached hydrogens (tertiary/aromatic N) is 5. The highest BCUT2D eigenvalue weighted by Crippen LogP contribution is 2.16. The molecular weight excluding hydrogens is 1000 g/mol. The lowest BCUT2D eigenvalue weighted by molar-refractivity contribution is -0.149. The first-order chi connectivity index (χ1) is 37.8. The molecule has 20 heteroatoms. The van der Waals surface area contributed by atoms with E-state index in [1.807, 2.05) is 4.90 Å². The molecule has 1 aliphatic rings. The molecule has 0 aromatic heterocycles. The minimum atomic E-state index is -1.07. The fourth-order valence-corrected chi connectivity index (χ4v) is 9.81. The van der Waals surface area contributed by atoms with Crippen molar-refractivity contribution >= 4 is 41.5 Å². The predicted molar refractivity (Wildman–Crippen MR) is 306 cm³/mol. The van der Waals surface area contributed by atoms with Crippen molar-refractivity contribution in [3.63, 3.8) is 0 Å². The Hall–Kier alpha value is -3.95. The topological polar surface area (TPSA) is 251 Å². The number of amides is 4. The van der Waals surface area contributed by atoms with Gasteiger partial charge in [0.1, 0.15) is 0 Å². The highest BCUT2D eigenvalue weighted by Gasteiger charge is 2.22. The van der Waals surface area contributed by atoms with Crippen molar-refractivity contribution in [3.05, 3.63) is 0 Å². The lowest BCUT2D eigenvalue weighted by Gasteiger charge is -2.32. The average Bonchev–Trinajstić information content (AvgIpc) is 3.39. The molecule has 6 N–H and O–H groups in total. The molecule has 0 aromatic rings. The van der Waals surface area contributed by atoms with Gasteiger partial charge in [0, 0.05) is 65.4 Å². The maximum absolute atomic E-state index is 13.4. The Balaban J connectivity index is 2.51. The Morgan fingerprint density at radius 2 is 0.615 bits per heavy atom. The highest BCUT2D eigenvalue weighted by molar-refractivity contribution is 5.85. The third kappa shape index (κ3) is 45.9. The molecule has 0 unspecified atom stereocenters. The fraction of sp³-hybridized carbons (Fsp3) is 0.879. The molecule has 1 heterocycles. The Kier molecular flexibility index (Phi) is 47.3. The second kappa shape index (κ2) is 51.2. The van der Waals surface area contributed by atoms with Crippen molar-refractivity contribution in [2.24, 2.45) is 0 Å². The number of hydrogen-bond donors (Lipinski definition) is 6. The van der Waals surface area contributed by atoms with Crippen LogP contribution in [-0.4, -0.2) is 193 Å². The van der Waals surface area contributed by atoms with Crippen molar-refractivity contribution in [1.29, 1.82) is 0 Å². The molecular formula is C58H110N8O12. The Morgan fingerprint density at radius 1 is 0.359 bits per heavy atom. The van der Waals surface area contributed by atoms with E-state index in [0.717, 1.165) is 38.5 Å². The second-order valence-electron chi connectivity index (χ2n) is 21.7. The van der Waals surface area contributed by atoms with Crippen molar-refractivity contribution in [3.8, 4) is 0 Å². The summed E-state index contributed by atoms with van der Waals surface area (Å²) in [6.45, 7) is 5.18. The van der Waals surface area contributed by atoms with E-state index in [-0.39, 0.29) is 91.0 Å². The lowest BCUT2D eigenvalue weighted by Crippen LogP contribution is -2.50. The van der Waals surface area contributed by atoms with E-state index in [4.69, 9.17) is 9.68 Å². The summed E-state index contributed by atoms with van der Waals surface area (Å²) >= 11 is 0. The van der Waals surface area contributed by atoms with Crippen molar-refractivity contribution in [2.75, 3.05) is 111 Å². The lowest BCUT2D eigenvalue weighted by atomic mass is 10.0. The molecule has 0 radical (unpaired) electrons. The Bertz CT molecular complexity index is 1500. The molecule has 1 rings (SSSR count). The molecule has 78 heavy (non-hydrogen) atoms. The largest absolute Gasteiger partial charge is 0.480 e. The molecule has 454 valence electrons. The minimum Gasteiger partial charge on any atom is -0.480 e. The summed E-state index contributed by atoms with van der Waals surface area (Å²) in [5.41, 5.74) is 4.29. The standard InChI is InChI=1S/C58H110N8O12/c1-3-5-7-9-11-13-15-17-19-21-23-25-27-29-31-33-35-66(36-34-32-30-28-26-24-22-20-18-16-14-12-10-8-6-4-2)55(70)45-59-53(68)50-77-61-54(69)51-78-60-52(67)46-62-37-39-63(47-56(71)72)41-43-65(49-58(75)76)44-42-64(40-38-62)48-57(73)74/h3-51H2,1-2H3,(H,59,68)(H,60,67)(H,61,69)(H,71,72)(H,73,74)(H,75,76). The van der Waals surface area contributed by atoms with Crippen molar-refractivity contribution in [1.82, 2.24) is 40.8 Å². The van der Waals surface area contributed by atoms with Gasteiger partial charge in [0.05, 0.1) is 32.7 Å². The van der Waals surface area contributed by atoms with Gasteiger partial charge in [-0.05, 0) is 12.8 Å². The van der Waals surface area contributed by atoms with E-state index in [1.54, 1.807) is 19.6 Å². The molecule has 0 saturated carbocycles. The Labute approximate surface area is 470 Å². The summed E-state index contributed by atoms with van der Waals surface area (Å²) in [4.78, 5) is 105. The number of carboxylic acid groups (broad SMARTS) is 3. The van der Waals surface area contributed by atoms with Gasteiger partial charge in [0.2, 0.25) is 11.8 Å². The number of rotatable bonds is 50. The number of nitrogens with one attached hydrogen (secondary N) is 3. The van der Waals surface area contributed by atoms with E-state index >= 15 is 0 Å². The van der Waals surface area contributed by atoms with Crippen LogP contribution in [0.5, 0.6) is 0 Å². The molecule has 0 aliphatic carbocycles. The first-order valence-electron chi connectivity index (χ1n) is 30.7. The summed E-state index contributed by atoms with van der Waals surface area (Å²) in [6.07, 6.45) is 41.0. The third-order valence-electron chi connectivity index (χ3n) is 14.5. The molecule has 0 atom stereocenters. The van der Waals surface area contributed by atoms with Gasteiger partial charge in [-0.3, -0.25) is 62.8 Å². The second-order valence-corrected chi connectivity index (χ2v) is 21.7. The van der Waals surface area contributed by atoms with Gasteiger partial charge >= 0.3 is 17.9 Å². The van der Waals surface area contributed by atoms with Gasteiger partial charge in [-0.25, -0.2) is 11.0 Å². The fourth-order valence-electron chi connectivity index (χ4n) is 9.81. The summed E-state index contributed by atoms with van der Waals surface area (Å²) in [6, 6.07) is 0. The maximum atomic E-state index is 13.4. The Morgan fingerprint density at radius 3 is 0.910 bits per heavy atom. The zero-order valence-electron chi connectivity index (χ0n) is 48.9. The number of carbonyl (C=O) groups is 7. The van der Waals surface area contributed by atoms with Crippen LogP contribution < -0.4 is 16.3 Å². The van der Waals surface area contributed by atoms with E-state index in [9.17, 15) is 48.9 Å². The number of hydrogen-bond acceptors (Lipinski definition) is 13. The quantitative estimate of drug-likeness (QED) is 0.0249. The molecule has 0 aromatic carbocycles. The zero-order valence-corrected chi connectivity index (χ0v) is 48.9. The van der Waals surface area contributed by atoms with Crippen LogP contribution in [0.4, 0.5) is 0 Å². The number of hydroxylamine groups is 2. The van der Waals surface area contributed by atoms with Crippen molar-refractivity contribution in [2.45, 2.75) is 219 Å². The number of carbonyl (C=O) groups excluding carboxylic acids is 4. The van der Waals surface area contributed by atoms with Gasteiger partial charge in [0.25, 0.3) is 11.8 Å². The smallest absolute Gasteiger partial charge is 0.317 e.